The Kier molecular flexibility index (Phi) is 2.00. The number of aromatic amines is 1. The van der Waals surface area contributed by atoms with E-state index in [1.54, 1.807) is 11.8 Å². The van der Waals surface area contributed by atoms with Gasteiger partial charge in [0.05, 0.1) is 5.52 Å². The van der Waals surface area contributed by atoms with Gasteiger partial charge in [0.25, 0.3) is 0 Å². The van der Waals surface area contributed by atoms with Gasteiger partial charge < -0.3 is 4.98 Å². The molecule has 0 bridgehead atoms. The smallest absolute Gasteiger partial charge is 0.179 e. The molecule has 2 aromatic rings. The molecule has 3 nitrogen and oxygen atoms in total. The molecule has 1 N–H and O–H groups in total. The Labute approximate surface area is 81.0 Å². The Morgan fingerprint density at radius 2 is 2.08 bits per heavy atom. The van der Waals surface area contributed by atoms with E-state index in [1.807, 2.05) is 13.2 Å². The van der Waals surface area contributed by atoms with Gasteiger partial charge in [0.2, 0.25) is 0 Å². The van der Waals surface area contributed by atoms with Crippen LogP contribution in [-0.4, -0.2) is 21.2 Å². The number of aryl methyl sites for hydroxylation is 2. The van der Waals surface area contributed by atoms with E-state index in [-0.39, 0.29) is 0 Å². The molecule has 0 spiro atoms. The highest BCUT2D eigenvalue weighted by atomic mass is 32.2. The van der Waals surface area contributed by atoms with Gasteiger partial charge in [-0.2, -0.15) is 0 Å². The topological polar surface area (TPSA) is 41.6 Å². The van der Waals surface area contributed by atoms with Crippen molar-refractivity contribution in [3.8, 4) is 0 Å². The number of nitrogens with one attached hydrogen (secondary N) is 1. The van der Waals surface area contributed by atoms with Crippen molar-refractivity contribution in [1.82, 2.24) is 15.0 Å². The van der Waals surface area contributed by atoms with Crippen molar-refractivity contribution >= 4 is 22.9 Å². The number of thioether (sulfide) groups is 1. The molecule has 0 amide bonds. The van der Waals surface area contributed by atoms with Crippen molar-refractivity contribution in [3.63, 3.8) is 0 Å². The van der Waals surface area contributed by atoms with Crippen LogP contribution in [0.4, 0.5) is 0 Å². The van der Waals surface area contributed by atoms with Gasteiger partial charge in [-0.05, 0) is 31.7 Å². The van der Waals surface area contributed by atoms with E-state index >= 15 is 0 Å². The minimum Gasteiger partial charge on any atom is -0.331 e. The zero-order chi connectivity index (χ0) is 9.42. The third kappa shape index (κ3) is 1.42. The fraction of sp³-hybridized carbons (Fsp3) is 0.333. The van der Waals surface area contributed by atoms with Gasteiger partial charge in [-0.3, -0.25) is 0 Å². The summed E-state index contributed by atoms with van der Waals surface area (Å²) in [5, 5.41) is 0.927. The summed E-state index contributed by atoms with van der Waals surface area (Å²) in [5.74, 6) is 0. The Balaban J connectivity index is 2.75. The third-order valence-corrected chi connectivity index (χ3v) is 2.54. The summed E-state index contributed by atoms with van der Waals surface area (Å²) in [6.07, 6.45) is 2.00. The van der Waals surface area contributed by atoms with Gasteiger partial charge >= 0.3 is 0 Å². The van der Waals surface area contributed by atoms with Gasteiger partial charge in [0, 0.05) is 5.69 Å². The second-order valence-electron chi connectivity index (χ2n) is 3.03. The van der Waals surface area contributed by atoms with Crippen molar-refractivity contribution in [1.29, 1.82) is 0 Å². The standard InChI is InChI=1S/C9H11N3S/c1-5-4-6(2)10-8-7(5)11-9(12-8)13-3/h4H,1-3H3,(H,10,11,12). The Bertz CT molecular complexity index is 447. The zero-order valence-corrected chi connectivity index (χ0v) is 8.70. The Hall–Kier alpha value is -1.03. The predicted molar refractivity (Wildman–Crippen MR) is 55.1 cm³/mol. The summed E-state index contributed by atoms with van der Waals surface area (Å²) in [7, 11) is 0. The van der Waals surface area contributed by atoms with Crippen LogP contribution in [0.25, 0.3) is 11.2 Å². The molecule has 0 fully saturated rings. The van der Waals surface area contributed by atoms with Crippen molar-refractivity contribution in [2.45, 2.75) is 19.0 Å². The molecule has 0 saturated carbocycles. The minimum absolute atomic E-state index is 0.821. The fourth-order valence-electron chi connectivity index (χ4n) is 1.38. The zero-order valence-electron chi connectivity index (χ0n) is 7.88. The first kappa shape index (κ1) is 8.56. The normalized spacial score (nSPS) is 11.0. The molecule has 13 heavy (non-hydrogen) atoms. The first-order valence-corrected chi connectivity index (χ1v) is 5.31. The number of hydrogen-bond donors (Lipinski definition) is 1. The molecule has 2 rings (SSSR count). The summed E-state index contributed by atoms with van der Waals surface area (Å²) < 4.78 is 0. The van der Waals surface area contributed by atoms with E-state index in [4.69, 9.17) is 0 Å². The summed E-state index contributed by atoms with van der Waals surface area (Å²) in [6, 6.07) is 2.06. The number of fused-ring (bicyclic) bond motifs is 1. The SMILES string of the molecule is CSc1nc2nc(C)cc(C)c2[nH]1. The molecule has 0 saturated heterocycles. The van der Waals surface area contributed by atoms with Crippen molar-refractivity contribution in [2.75, 3.05) is 6.26 Å². The van der Waals surface area contributed by atoms with Crippen LogP contribution in [0.3, 0.4) is 0 Å². The molecule has 2 aromatic heterocycles. The van der Waals surface area contributed by atoms with Crippen LogP contribution in [0.2, 0.25) is 0 Å². The van der Waals surface area contributed by atoms with E-state index in [9.17, 15) is 0 Å². The lowest BCUT2D eigenvalue weighted by Crippen LogP contribution is -1.85. The molecule has 0 aliphatic carbocycles. The summed E-state index contributed by atoms with van der Waals surface area (Å²) >= 11 is 1.60. The molecule has 2 heterocycles. The van der Waals surface area contributed by atoms with E-state index in [1.165, 1.54) is 5.56 Å². The van der Waals surface area contributed by atoms with Crippen LogP contribution in [0.1, 0.15) is 11.3 Å². The second-order valence-corrected chi connectivity index (χ2v) is 3.82. The first-order valence-electron chi connectivity index (χ1n) is 4.08. The maximum Gasteiger partial charge on any atom is 0.179 e. The molecular weight excluding hydrogens is 182 g/mol. The van der Waals surface area contributed by atoms with E-state index in [2.05, 4.69) is 27.9 Å². The predicted octanol–water partition coefficient (Wildman–Crippen LogP) is 2.30. The highest BCUT2D eigenvalue weighted by Gasteiger charge is 2.05. The number of H-pyrrole nitrogens is 1. The molecular formula is C9H11N3S. The largest absolute Gasteiger partial charge is 0.331 e. The molecule has 0 unspecified atom stereocenters. The minimum atomic E-state index is 0.821. The summed E-state index contributed by atoms with van der Waals surface area (Å²) in [5.41, 5.74) is 4.09. The van der Waals surface area contributed by atoms with Crippen LogP contribution in [0, 0.1) is 13.8 Å². The van der Waals surface area contributed by atoms with E-state index in [0.717, 1.165) is 22.0 Å². The van der Waals surface area contributed by atoms with Gasteiger partial charge in [-0.25, -0.2) is 9.97 Å². The van der Waals surface area contributed by atoms with Gasteiger partial charge in [0.1, 0.15) is 0 Å². The van der Waals surface area contributed by atoms with Crippen molar-refractivity contribution < 1.29 is 0 Å². The highest BCUT2D eigenvalue weighted by molar-refractivity contribution is 7.98. The lowest BCUT2D eigenvalue weighted by atomic mass is 10.2. The first-order chi connectivity index (χ1) is 6.20. The average molecular weight is 193 g/mol. The average Bonchev–Trinajstić information content (AvgIpc) is 2.47. The monoisotopic (exact) mass is 193 g/mol. The van der Waals surface area contributed by atoms with E-state index in [0.29, 0.717) is 0 Å². The lowest BCUT2D eigenvalue weighted by molar-refractivity contribution is 1.07. The molecule has 0 aromatic carbocycles. The molecule has 0 aliphatic heterocycles. The quantitative estimate of drug-likeness (QED) is 0.706. The Morgan fingerprint density at radius 1 is 1.31 bits per heavy atom. The van der Waals surface area contributed by atoms with Crippen LogP contribution < -0.4 is 0 Å². The van der Waals surface area contributed by atoms with Gasteiger partial charge in [-0.1, -0.05) is 11.8 Å². The summed E-state index contributed by atoms with van der Waals surface area (Å²) in [6.45, 7) is 4.05. The highest BCUT2D eigenvalue weighted by Crippen LogP contribution is 2.19. The van der Waals surface area contributed by atoms with Crippen molar-refractivity contribution in [2.24, 2.45) is 0 Å². The van der Waals surface area contributed by atoms with E-state index < -0.39 is 0 Å². The summed E-state index contributed by atoms with van der Waals surface area (Å²) in [4.78, 5) is 11.9. The number of aromatic nitrogens is 3. The maximum absolute atomic E-state index is 4.35. The molecule has 4 heteroatoms. The number of hydrogen-bond acceptors (Lipinski definition) is 3. The van der Waals surface area contributed by atoms with Crippen LogP contribution >= 0.6 is 11.8 Å². The number of pyridine rings is 1. The fourth-order valence-corrected chi connectivity index (χ4v) is 1.76. The lowest BCUT2D eigenvalue weighted by Gasteiger charge is -1.95. The molecule has 0 atom stereocenters. The third-order valence-electron chi connectivity index (χ3n) is 1.96. The van der Waals surface area contributed by atoms with Crippen molar-refractivity contribution in [3.05, 3.63) is 17.3 Å². The van der Waals surface area contributed by atoms with Gasteiger partial charge in [-0.15, -0.1) is 0 Å². The van der Waals surface area contributed by atoms with Crippen LogP contribution in [0.5, 0.6) is 0 Å². The number of nitrogens with zero attached hydrogens (tertiary/aromatic N) is 2. The molecule has 0 radical (unpaired) electrons. The number of rotatable bonds is 1. The van der Waals surface area contributed by atoms with Crippen LogP contribution in [0.15, 0.2) is 11.2 Å². The number of imidazole rings is 1. The maximum atomic E-state index is 4.35. The molecule has 68 valence electrons. The van der Waals surface area contributed by atoms with Crippen LogP contribution in [-0.2, 0) is 0 Å². The Morgan fingerprint density at radius 3 is 2.77 bits per heavy atom. The molecule has 0 aliphatic rings. The second kappa shape index (κ2) is 3.03. The van der Waals surface area contributed by atoms with Gasteiger partial charge in [0.15, 0.2) is 10.8 Å².